The van der Waals surface area contributed by atoms with Crippen molar-refractivity contribution in [2.24, 2.45) is 0 Å². The normalized spacial score (nSPS) is 14.2. The predicted molar refractivity (Wildman–Crippen MR) is 82.6 cm³/mol. The van der Waals surface area contributed by atoms with Gasteiger partial charge in [-0.15, -0.1) is 10.2 Å². The highest BCUT2D eigenvalue weighted by Gasteiger charge is 2.14. The Labute approximate surface area is 124 Å². The number of hydrogen-bond acceptors (Lipinski definition) is 4. The molecule has 5 nitrogen and oxygen atoms in total. The number of aryl methyl sites for hydroxylation is 1. The van der Waals surface area contributed by atoms with Gasteiger partial charge in [0.25, 0.3) is 5.91 Å². The molecule has 0 bridgehead atoms. The number of nitrogens with one attached hydrogen (secondary N) is 1. The minimum absolute atomic E-state index is 0.165. The number of carbonyl (C=O) groups excluding carboxylic acids is 1. The molecule has 1 fully saturated rings. The molecule has 0 aliphatic carbocycles. The van der Waals surface area contributed by atoms with E-state index in [9.17, 15) is 4.79 Å². The maximum absolute atomic E-state index is 12.1. The fourth-order valence-corrected chi connectivity index (χ4v) is 2.48. The van der Waals surface area contributed by atoms with Crippen molar-refractivity contribution >= 4 is 17.5 Å². The fraction of sp³-hybridized carbons (Fsp3) is 0.312. The van der Waals surface area contributed by atoms with E-state index < -0.39 is 0 Å². The van der Waals surface area contributed by atoms with E-state index in [0.29, 0.717) is 11.4 Å². The summed E-state index contributed by atoms with van der Waals surface area (Å²) in [5, 5.41) is 11.0. The van der Waals surface area contributed by atoms with Crippen LogP contribution in [0.25, 0.3) is 0 Å². The highest BCUT2D eigenvalue weighted by atomic mass is 16.1. The van der Waals surface area contributed by atoms with Crippen molar-refractivity contribution < 1.29 is 4.79 Å². The van der Waals surface area contributed by atoms with Crippen LogP contribution in [0, 0.1) is 6.92 Å². The molecule has 3 rings (SSSR count). The molecule has 1 aromatic carbocycles. The van der Waals surface area contributed by atoms with Gasteiger partial charge in [-0.1, -0.05) is 17.7 Å². The first-order chi connectivity index (χ1) is 10.2. The van der Waals surface area contributed by atoms with E-state index in [4.69, 9.17) is 0 Å². The molecular weight excluding hydrogens is 264 g/mol. The Balaban J connectivity index is 1.68. The van der Waals surface area contributed by atoms with E-state index in [1.807, 2.05) is 31.2 Å². The van der Waals surface area contributed by atoms with Gasteiger partial charge in [-0.25, -0.2) is 0 Å². The molecule has 1 aliphatic heterocycles. The summed E-state index contributed by atoms with van der Waals surface area (Å²) in [6.07, 6.45) is 2.40. The monoisotopic (exact) mass is 282 g/mol. The number of amides is 1. The van der Waals surface area contributed by atoms with Gasteiger partial charge in [0.1, 0.15) is 0 Å². The van der Waals surface area contributed by atoms with Gasteiger partial charge in [-0.2, -0.15) is 0 Å². The first kappa shape index (κ1) is 13.5. The molecule has 2 aromatic rings. The number of rotatable bonds is 3. The lowest BCUT2D eigenvalue weighted by molar-refractivity contribution is 0.102. The van der Waals surface area contributed by atoms with E-state index in [2.05, 4.69) is 20.4 Å². The van der Waals surface area contributed by atoms with Crippen molar-refractivity contribution in [1.82, 2.24) is 10.2 Å². The van der Waals surface area contributed by atoms with Crippen molar-refractivity contribution in [1.29, 1.82) is 0 Å². The zero-order chi connectivity index (χ0) is 14.7. The van der Waals surface area contributed by atoms with Crippen LogP contribution >= 0.6 is 0 Å². The summed E-state index contributed by atoms with van der Waals surface area (Å²) < 4.78 is 0. The van der Waals surface area contributed by atoms with Crippen molar-refractivity contribution in [3.8, 4) is 0 Å². The van der Waals surface area contributed by atoms with Gasteiger partial charge >= 0.3 is 0 Å². The van der Waals surface area contributed by atoms with Gasteiger partial charge in [-0.05, 0) is 44.0 Å². The lowest BCUT2D eigenvalue weighted by atomic mass is 10.1. The van der Waals surface area contributed by atoms with Crippen LogP contribution in [0.1, 0.15) is 28.8 Å². The second-order valence-electron chi connectivity index (χ2n) is 5.29. The molecule has 1 aromatic heterocycles. The van der Waals surface area contributed by atoms with E-state index in [1.165, 1.54) is 12.8 Å². The average Bonchev–Trinajstić information content (AvgIpc) is 3.02. The number of nitrogens with zero attached hydrogens (tertiary/aromatic N) is 3. The molecule has 0 saturated carbocycles. The summed E-state index contributed by atoms with van der Waals surface area (Å²) in [6, 6.07) is 11.2. The highest BCUT2D eigenvalue weighted by Crippen LogP contribution is 2.17. The van der Waals surface area contributed by atoms with Crippen LogP contribution in [-0.2, 0) is 0 Å². The summed E-state index contributed by atoms with van der Waals surface area (Å²) >= 11 is 0. The maximum atomic E-state index is 12.1. The smallest absolute Gasteiger partial charge is 0.256 e. The molecule has 2 heterocycles. The van der Waals surface area contributed by atoms with E-state index in [0.717, 1.165) is 24.5 Å². The third-order valence-corrected chi connectivity index (χ3v) is 3.60. The Morgan fingerprint density at radius 1 is 1.14 bits per heavy atom. The van der Waals surface area contributed by atoms with Crippen LogP contribution in [0.15, 0.2) is 36.4 Å². The zero-order valence-electron chi connectivity index (χ0n) is 12.0. The molecule has 108 valence electrons. The molecule has 0 spiro atoms. The van der Waals surface area contributed by atoms with E-state index in [-0.39, 0.29) is 5.91 Å². The van der Waals surface area contributed by atoms with Gasteiger partial charge in [0.15, 0.2) is 11.6 Å². The standard InChI is InChI=1S/C16H18N4O/c1-12-5-4-6-13(11-12)16(21)17-14-7-8-15(19-18-14)20-9-2-3-10-20/h4-8,11H,2-3,9-10H2,1H3,(H,17,18,21). The quantitative estimate of drug-likeness (QED) is 0.940. The third kappa shape index (κ3) is 3.18. The molecule has 1 N–H and O–H groups in total. The molecule has 1 aliphatic rings. The largest absolute Gasteiger partial charge is 0.355 e. The Morgan fingerprint density at radius 3 is 2.62 bits per heavy atom. The van der Waals surface area contributed by atoms with E-state index in [1.54, 1.807) is 12.1 Å². The van der Waals surface area contributed by atoms with Crippen molar-refractivity contribution in [2.45, 2.75) is 19.8 Å². The molecule has 21 heavy (non-hydrogen) atoms. The Hall–Kier alpha value is -2.43. The molecule has 0 radical (unpaired) electrons. The fourth-order valence-electron chi connectivity index (χ4n) is 2.48. The second kappa shape index (κ2) is 5.91. The Morgan fingerprint density at radius 2 is 1.95 bits per heavy atom. The van der Waals surface area contributed by atoms with Crippen molar-refractivity contribution in [3.63, 3.8) is 0 Å². The van der Waals surface area contributed by atoms with Crippen LogP contribution in [-0.4, -0.2) is 29.2 Å². The van der Waals surface area contributed by atoms with E-state index >= 15 is 0 Å². The first-order valence-electron chi connectivity index (χ1n) is 7.19. The average molecular weight is 282 g/mol. The summed E-state index contributed by atoms with van der Waals surface area (Å²) in [7, 11) is 0. The Kier molecular flexibility index (Phi) is 3.81. The molecule has 1 saturated heterocycles. The van der Waals surface area contributed by atoms with Gasteiger partial charge in [-0.3, -0.25) is 4.79 Å². The number of carbonyl (C=O) groups is 1. The van der Waals surface area contributed by atoms with Gasteiger partial charge in [0.2, 0.25) is 0 Å². The Bertz CT molecular complexity index is 633. The SMILES string of the molecule is Cc1cccc(C(=O)Nc2ccc(N3CCCC3)nn2)c1. The maximum Gasteiger partial charge on any atom is 0.256 e. The topological polar surface area (TPSA) is 58.1 Å². The van der Waals surface area contributed by atoms with Crippen molar-refractivity contribution in [2.75, 3.05) is 23.3 Å². The van der Waals surface area contributed by atoms with Crippen molar-refractivity contribution in [3.05, 3.63) is 47.5 Å². The third-order valence-electron chi connectivity index (χ3n) is 3.60. The zero-order valence-corrected chi connectivity index (χ0v) is 12.0. The summed E-state index contributed by atoms with van der Waals surface area (Å²) in [5.41, 5.74) is 1.68. The number of benzene rings is 1. The minimum atomic E-state index is -0.165. The van der Waals surface area contributed by atoms with Gasteiger partial charge in [0.05, 0.1) is 0 Å². The minimum Gasteiger partial charge on any atom is -0.355 e. The summed E-state index contributed by atoms with van der Waals surface area (Å²) in [4.78, 5) is 14.3. The van der Waals surface area contributed by atoms with Crippen LogP contribution in [0.2, 0.25) is 0 Å². The number of aromatic nitrogens is 2. The first-order valence-corrected chi connectivity index (χ1v) is 7.19. The molecule has 1 amide bonds. The van der Waals surface area contributed by atoms with Gasteiger partial charge < -0.3 is 10.2 Å². The lowest BCUT2D eigenvalue weighted by Crippen LogP contribution is -2.20. The van der Waals surface area contributed by atoms with Gasteiger partial charge in [0, 0.05) is 18.7 Å². The molecule has 5 heteroatoms. The van der Waals surface area contributed by atoms with Crippen LogP contribution < -0.4 is 10.2 Å². The predicted octanol–water partition coefficient (Wildman–Crippen LogP) is 2.64. The second-order valence-corrected chi connectivity index (χ2v) is 5.29. The summed E-state index contributed by atoms with van der Waals surface area (Å²) in [6.45, 7) is 4.02. The van der Waals surface area contributed by atoms with Crippen LogP contribution in [0.5, 0.6) is 0 Å². The molecular formula is C16H18N4O. The van der Waals surface area contributed by atoms with Crippen LogP contribution in [0.4, 0.5) is 11.6 Å². The molecule has 0 atom stereocenters. The highest BCUT2D eigenvalue weighted by molar-refractivity contribution is 6.03. The number of hydrogen-bond donors (Lipinski definition) is 1. The lowest BCUT2D eigenvalue weighted by Gasteiger charge is -2.15. The number of anilines is 2. The molecule has 0 unspecified atom stereocenters. The summed E-state index contributed by atoms with van der Waals surface area (Å²) in [5.74, 6) is 1.19. The van der Waals surface area contributed by atoms with Crippen LogP contribution in [0.3, 0.4) is 0 Å².